The van der Waals surface area contributed by atoms with E-state index >= 15 is 0 Å². The summed E-state index contributed by atoms with van der Waals surface area (Å²) in [6.07, 6.45) is -0.630. The minimum atomic E-state index is -1.06. The zero-order valence-electron chi connectivity index (χ0n) is 28.5. The molecule has 0 fully saturated rings. The van der Waals surface area contributed by atoms with Crippen LogP contribution in [0.4, 0.5) is 0 Å². The van der Waals surface area contributed by atoms with Gasteiger partial charge in [-0.2, -0.15) is 0 Å². The van der Waals surface area contributed by atoms with Crippen LogP contribution in [0.25, 0.3) is 0 Å². The van der Waals surface area contributed by atoms with Crippen molar-refractivity contribution in [3.05, 3.63) is 89.5 Å². The molecule has 0 bridgehead atoms. The number of aliphatic hydroxyl groups excluding tert-OH is 1. The van der Waals surface area contributed by atoms with E-state index in [1.54, 1.807) is 49.4 Å². The molecule has 0 saturated carbocycles. The molecule has 0 saturated heterocycles. The number of ether oxygens (including phenoxy) is 4. The van der Waals surface area contributed by atoms with Crippen molar-refractivity contribution in [2.75, 3.05) is 20.0 Å². The average Bonchev–Trinajstić information content (AvgIpc) is 3.11. The standard InChI is InChI=1S/C37H41NO11S/c1-6-24(22(2)39)28(34(42)47-5)21-50-37(45)29(38-23(3)40)19-20-30(41)25-13-7-11-17-32(25)48-36(44)27-15-9-12-18-33(27)49-35(43)26-14-8-10-16-31(26)46-4/h7-18,22,24,28-29,39H,6,19-21H2,1-5H3,(H,38,40). The van der Waals surface area contributed by atoms with Gasteiger partial charge in [0, 0.05) is 19.1 Å². The SMILES string of the molecule is CCC(C(C)O)C(CSC(=O)C(CCC(=O)c1ccccc1OC(=O)c1ccccc1OC(=O)c1ccccc1OC)NC(C)=O)C(=O)OC. The number of ketones is 1. The van der Waals surface area contributed by atoms with Gasteiger partial charge in [0.15, 0.2) is 5.78 Å². The van der Waals surface area contributed by atoms with Crippen LogP contribution in [0, 0.1) is 11.8 Å². The first-order valence-corrected chi connectivity index (χ1v) is 16.9. The number of benzene rings is 3. The van der Waals surface area contributed by atoms with E-state index in [-0.39, 0.29) is 52.5 Å². The Balaban J connectivity index is 1.73. The summed E-state index contributed by atoms with van der Waals surface area (Å²) >= 11 is 0.813. The van der Waals surface area contributed by atoms with Gasteiger partial charge < -0.3 is 29.4 Å². The highest BCUT2D eigenvalue weighted by Gasteiger charge is 2.33. The second-order valence-electron chi connectivity index (χ2n) is 11.3. The quantitative estimate of drug-likeness (QED) is 0.109. The highest BCUT2D eigenvalue weighted by molar-refractivity contribution is 8.13. The summed E-state index contributed by atoms with van der Waals surface area (Å²) in [5.74, 6) is -4.22. The van der Waals surface area contributed by atoms with Gasteiger partial charge in [0.1, 0.15) is 28.4 Å². The minimum absolute atomic E-state index is 0.00735. The van der Waals surface area contributed by atoms with Crippen LogP contribution in [0.1, 0.15) is 71.1 Å². The molecule has 50 heavy (non-hydrogen) atoms. The van der Waals surface area contributed by atoms with Gasteiger partial charge in [-0.3, -0.25) is 19.2 Å². The molecule has 0 aliphatic rings. The summed E-state index contributed by atoms with van der Waals surface area (Å²) in [4.78, 5) is 77.4. The van der Waals surface area contributed by atoms with Crippen molar-refractivity contribution in [3.8, 4) is 17.2 Å². The molecule has 4 atom stereocenters. The molecule has 0 spiro atoms. The fourth-order valence-corrected chi connectivity index (χ4v) is 6.39. The Kier molecular flexibility index (Phi) is 15.2. The predicted molar refractivity (Wildman–Crippen MR) is 185 cm³/mol. The summed E-state index contributed by atoms with van der Waals surface area (Å²) in [6.45, 7) is 4.62. The minimum Gasteiger partial charge on any atom is -0.496 e. The summed E-state index contributed by atoms with van der Waals surface area (Å²) in [5.41, 5.74) is 0.133. The molecular weight excluding hydrogens is 666 g/mol. The summed E-state index contributed by atoms with van der Waals surface area (Å²) < 4.78 is 21.3. The number of esters is 3. The molecule has 12 nitrogen and oxygen atoms in total. The van der Waals surface area contributed by atoms with Crippen molar-refractivity contribution in [1.29, 1.82) is 0 Å². The van der Waals surface area contributed by atoms with E-state index in [0.717, 1.165) is 11.8 Å². The Labute approximate surface area is 294 Å². The van der Waals surface area contributed by atoms with Gasteiger partial charge in [-0.25, -0.2) is 9.59 Å². The van der Waals surface area contributed by atoms with Crippen LogP contribution >= 0.6 is 11.8 Å². The highest BCUT2D eigenvalue weighted by atomic mass is 32.2. The van der Waals surface area contributed by atoms with Gasteiger partial charge in [-0.15, -0.1) is 0 Å². The fourth-order valence-electron chi connectivity index (χ4n) is 5.29. The topological polar surface area (TPSA) is 172 Å². The van der Waals surface area contributed by atoms with Crippen molar-refractivity contribution >= 4 is 46.5 Å². The maximum absolute atomic E-state index is 13.4. The normalized spacial score (nSPS) is 13.2. The first-order valence-electron chi connectivity index (χ1n) is 15.9. The number of para-hydroxylation sites is 3. The maximum Gasteiger partial charge on any atom is 0.347 e. The Hall–Kier alpha value is -5.01. The van der Waals surface area contributed by atoms with Crippen LogP contribution in [0.5, 0.6) is 17.2 Å². The van der Waals surface area contributed by atoms with E-state index in [4.69, 9.17) is 18.9 Å². The number of hydrogen-bond acceptors (Lipinski definition) is 12. The molecule has 3 aromatic rings. The molecule has 0 aliphatic carbocycles. The molecule has 2 N–H and O–H groups in total. The Bertz CT molecular complexity index is 1690. The van der Waals surface area contributed by atoms with Gasteiger partial charge in [0.25, 0.3) is 0 Å². The number of amides is 1. The van der Waals surface area contributed by atoms with E-state index in [0.29, 0.717) is 6.42 Å². The van der Waals surface area contributed by atoms with Gasteiger partial charge in [0.05, 0.1) is 37.8 Å². The maximum atomic E-state index is 13.4. The predicted octanol–water partition coefficient (Wildman–Crippen LogP) is 5.06. The molecule has 3 rings (SSSR count). The zero-order valence-corrected chi connectivity index (χ0v) is 29.3. The van der Waals surface area contributed by atoms with E-state index in [1.165, 1.54) is 51.5 Å². The van der Waals surface area contributed by atoms with Crippen molar-refractivity contribution in [3.63, 3.8) is 0 Å². The Morgan fingerprint density at radius 2 is 1.28 bits per heavy atom. The van der Waals surface area contributed by atoms with Crippen LogP contribution in [-0.2, 0) is 19.1 Å². The number of aliphatic hydroxyl groups is 1. The van der Waals surface area contributed by atoms with Crippen LogP contribution < -0.4 is 19.5 Å². The van der Waals surface area contributed by atoms with Gasteiger partial charge in [0.2, 0.25) is 11.0 Å². The number of rotatable bonds is 17. The van der Waals surface area contributed by atoms with Crippen molar-refractivity contribution < 1.29 is 52.8 Å². The zero-order chi connectivity index (χ0) is 36.8. The molecule has 4 unspecified atom stereocenters. The molecule has 0 radical (unpaired) electrons. The third kappa shape index (κ3) is 10.7. The lowest BCUT2D eigenvalue weighted by Crippen LogP contribution is -2.40. The molecule has 0 heterocycles. The van der Waals surface area contributed by atoms with E-state index < -0.39 is 58.7 Å². The second kappa shape index (κ2) is 19.2. The first-order chi connectivity index (χ1) is 23.9. The van der Waals surface area contributed by atoms with Crippen LogP contribution in [0.3, 0.4) is 0 Å². The number of thioether (sulfide) groups is 1. The Morgan fingerprint density at radius 3 is 1.78 bits per heavy atom. The monoisotopic (exact) mass is 707 g/mol. The van der Waals surface area contributed by atoms with E-state index in [2.05, 4.69) is 5.32 Å². The van der Waals surface area contributed by atoms with Gasteiger partial charge in [-0.05, 0) is 62.1 Å². The number of Topliss-reactive ketones (excluding diaryl/α,β-unsaturated/α-hetero) is 1. The van der Waals surface area contributed by atoms with Crippen molar-refractivity contribution in [2.45, 2.75) is 52.2 Å². The second-order valence-corrected chi connectivity index (χ2v) is 12.3. The fraction of sp³-hybridized carbons (Fsp3) is 0.351. The Morgan fingerprint density at radius 1 is 0.780 bits per heavy atom. The number of nitrogens with one attached hydrogen (secondary N) is 1. The lowest BCUT2D eigenvalue weighted by molar-refractivity contribution is -0.148. The summed E-state index contributed by atoms with van der Waals surface area (Å²) in [5, 5.41) is 12.3. The van der Waals surface area contributed by atoms with E-state index in [1.807, 2.05) is 6.92 Å². The number of carbonyl (C=O) groups excluding carboxylic acids is 6. The lowest BCUT2D eigenvalue weighted by atomic mass is 9.87. The van der Waals surface area contributed by atoms with Crippen molar-refractivity contribution in [2.24, 2.45) is 11.8 Å². The first kappa shape index (κ1) is 39.4. The molecule has 13 heteroatoms. The highest BCUT2D eigenvalue weighted by Crippen LogP contribution is 2.29. The third-order valence-corrected chi connectivity index (χ3v) is 8.96. The molecular formula is C37H41NO11S. The average molecular weight is 708 g/mol. The van der Waals surface area contributed by atoms with Crippen LogP contribution in [0.15, 0.2) is 72.8 Å². The lowest BCUT2D eigenvalue weighted by Gasteiger charge is -2.26. The summed E-state index contributed by atoms with van der Waals surface area (Å²) in [6, 6.07) is 17.4. The van der Waals surface area contributed by atoms with Gasteiger partial charge in [-0.1, -0.05) is 55.1 Å². The molecule has 0 aliphatic heterocycles. The molecule has 0 aromatic heterocycles. The third-order valence-electron chi connectivity index (χ3n) is 7.87. The van der Waals surface area contributed by atoms with Gasteiger partial charge >= 0.3 is 17.9 Å². The molecule has 3 aromatic carbocycles. The molecule has 266 valence electrons. The van der Waals surface area contributed by atoms with Crippen LogP contribution in [-0.4, -0.2) is 71.9 Å². The largest absolute Gasteiger partial charge is 0.496 e. The van der Waals surface area contributed by atoms with E-state index in [9.17, 15) is 33.9 Å². The molecule has 1 amide bonds. The summed E-state index contributed by atoms with van der Waals surface area (Å²) in [7, 11) is 2.64. The number of carbonyl (C=O) groups is 6. The number of methoxy groups -OCH3 is 2. The number of hydrogen-bond donors (Lipinski definition) is 2. The van der Waals surface area contributed by atoms with Crippen molar-refractivity contribution in [1.82, 2.24) is 5.32 Å². The smallest absolute Gasteiger partial charge is 0.347 e. The van der Waals surface area contributed by atoms with Crippen LogP contribution in [0.2, 0.25) is 0 Å².